The Bertz CT molecular complexity index is 1020. The quantitative estimate of drug-likeness (QED) is 0.639. The third-order valence-corrected chi connectivity index (χ3v) is 5.21. The molecule has 0 atom stereocenters. The monoisotopic (exact) mass is 408 g/mol. The smallest absolute Gasteiger partial charge is 0.410 e. The maximum Gasteiger partial charge on any atom is 0.410 e. The van der Waals surface area contributed by atoms with Gasteiger partial charge in [-0.15, -0.1) is 0 Å². The fraction of sp³-hybridized carbons (Fsp3) is 0.435. The van der Waals surface area contributed by atoms with Gasteiger partial charge in [0.2, 0.25) is 5.88 Å². The first-order valence-corrected chi connectivity index (χ1v) is 10.4. The number of likely N-dealkylation sites (tertiary alicyclic amines) is 1. The van der Waals surface area contributed by atoms with Crippen molar-refractivity contribution in [2.45, 2.75) is 51.7 Å². The molecular formula is C23H28N4O3. The summed E-state index contributed by atoms with van der Waals surface area (Å²) in [4.78, 5) is 18.8. The second kappa shape index (κ2) is 8.34. The van der Waals surface area contributed by atoms with Crippen LogP contribution in [0.25, 0.3) is 5.52 Å². The Morgan fingerprint density at radius 3 is 2.70 bits per heavy atom. The molecule has 4 rings (SSSR count). The number of ether oxygens (including phenoxy) is 2. The maximum atomic E-state index is 12.3. The van der Waals surface area contributed by atoms with E-state index in [1.807, 2.05) is 67.9 Å². The molecule has 0 unspecified atom stereocenters. The van der Waals surface area contributed by atoms with Crippen LogP contribution in [0.4, 0.5) is 4.79 Å². The van der Waals surface area contributed by atoms with Crippen molar-refractivity contribution in [3.8, 4) is 5.88 Å². The van der Waals surface area contributed by atoms with E-state index in [9.17, 15) is 4.79 Å². The van der Waals surface area contributed by atoms with Gasteiger partial charge in [-0.3, -0.25) is 0 Å². The van der Waals surface area contributed by atoms with E-state index >= 15 is 0 Å². The number of fused-ring (bicyclic) bond motifs is 1. The molecule has 1 saturated heterocycles. The molecule has 0 bridgehead atoms. The number of carbonyl (C=O) groups is 1. The molecule has 30 heavy (non-hydrogen) atoms. The molecule has 1 aliphatic heterocycles. The van der Waals surface area contributed by atoms with Gasteiger partial charge in [-0.1, -0.05) is 12.1 Å². The second-order valence-corrected chi connectivity index (χ2v) is 8.63. The fourth-order valence-electron chi connectivity index (χ4n) is 3.71. The van der Waals surface area contributed by atoms with Crippen molar-refractivity contribution in [2.24, 2.45) is 0 Å². The van der Waals surface area contributed by atoms with Gasteiger partial charge in [0, 0.05) is 48.7 Å². The molecule has 0 aromatic carbocycles. The van der Waals surface area contributed by atoms with E-state index in [-0.39, 0.29) is 6.09 Å². The molecule has 158 valence electrons. The molecule has 1 fully saturated rings. The summed E-state index contributed by atoms with van der Waals surface area (Å²) in [6.07, 6.45) is 5.19. The highest BCUT2D eigenvalue weighted by molar-refractivity contribution is 5.68. The van der Waals surface area contributed by atoms with Crippen LogP contribution in [0.3, 0.4) is 0 Å². The van der Waals surface area contributed by atoms with Crippen molar-refractivity contribution in [1.82, 2.24) is 19.5 Å². The van der Waals surface area contributed by atoms with Crippen LogP contribution >= 0.6 is 0 Å². The number of nitrogens with zero attached hydrogens (tertiary/aromatic N) is 4. The Balaban J connectivity index is 1.36. The normalized spacial score (nSPS) is 15.4. The number of piperidine rings is 1. The molecule has 0 spiro atoms. The largest absolute Gasteiger partial charge is 0.473 e. The van der Waals surface area contributed by atoms with Crippen molar-refractivity contribution in [1.29, 1.82) is 0 Å². The van der Waals surface area contributed by atoms with Crippen molar-refractivity contribution in [2.75, 3.05) is 13.1 Å². The summed E-state index contributed by atoms with van der Waals surface area (Å²) in [6.45, 7) is 7.45. The average molecular weight is 409 g/mol. The fourth-order valence-corrected chi connectivity index (χ4v) is 3.71. The van der Waals surface area contributed by atoms with E-state index in [2.05, 4.69) is 5.10 Å². The van der Waals surface area contributed by atoms with Gasteiger partial charge in [0.05, 0.1) is 5.52 Å². The number of hydrogen-bond acceptors (Lipinski definition) is 5. The van der Waals surface area contributed by atoms with Crippen LogP contribution in [0.15, 0.2) is 48.8 Å². The number of pyridine rings is 2. The lowest BCUT2D eigenvalue weighted by molar-refractivity contribution is 0.0204. The zero-order valence-electron chi connectivity index (χ0n) is 17.7. The van der Waals surface area contributed by atoms with Gasteiger partial charge >= 0.3 is 6.09 Å². The molecule has 3 aromatic rings. The van der Waals surface area contributed by atoms with Crippen LogP contribution in [0, 0.1) is 0 Å². The third kappa shape index (κ3) is 4.72. The minimum atomic E-state index is -0.470. The number of rotatable bonds is 4. The second-order valence-electron chi connectivity index (χ2n) is 8.63. The van der Waals surface area contributed by atoms with Crippen molar-refractivity contribution >= 4 is 11.6 Å². The van der Waals surface area contributed by atoms with Gasteiger partial charge in [-0.05, 0) is 51.8 Å². The summed E-state index contributed by atoms with van der Waals surface area (Å²) in [7, 11) is 0. The molecule has 7 heteroatoms. The lowest BCUT2D eigenvalue weighted by Crippen LogP contribution is -2.41. The van der Waals surface area contributed by atoms with Gasteiger partial charge in [0.1, 0.15) is 12.2 Å². The van der Waals surface area contributed by atoms with Crippen LogP contribution in [-0.4, -0.2) is 44.3 Å². The first-order chi connectivity index (χ1) is 14.4. The molecule has 0 saturated carbocycles. The minimum Gasteiger partial charge on any atom is -0.473 e. The Kier molecular flexibility index (Phi) is 5.61. The highest BCUT2D eigenvalue weighted by atomic mass is 16.6. The Morgan fingerprint density at radius 2 is 1.93 bits per heavy atom. The van der Waals surface area contributed by atoms with Crippen LogP contribution in [0.2, 0.25) is 0 Å². The topological polar surface area (TPSA) is 69.0 Å². The zero-order chi connectivity index (χ0) is 21.1. The van der Waals surface area contributed by atoms with Crippen LogP contribution in [-0.2, 0) is 11.3 Å². The Labute approximate surface area is 176 Å². The van der Waals surface area contributed by atoms with Gasteiger partial charge in [-0.2, -0.15) is 5.10 Å². The first-order valence-electron chi connectivity index (χ1n) is 10.4. The average Bonchev–Trinajstić information content (AvgIpc) is 3.21. The maximum absolute atomic E-state index is 12.3. The lowest BCUT2D eigenvalue weighted by Gasteiger charge is -2.33. The summed E-state index contributed by atoms with van der Waals surface area (Å²) in [5, 5.41) is 4.26. The molecule has 4 heterocycles. The standard InChI is InChI=1S/C23H28N4O3/c1-23(2,3)30-22(28)26-14-10-17(11-15-26)19-7-4-8-21(25-19)29-16-18-6-5-13-27-20(18)9-12-24-27/h4-9,12-13,17H,10-11,14-16H2,1-3H3. The molecule has 0 radical (unpaired) electrons. The van der Waals surface area contributed by atoms with Crippen LogP contribution in [0.5, 0.6) is 5.88 Å². The predicted molar refractivity (Wildman–Crippen MR) is 114 cm³/mol. The molecule has 3 aromatic heterocycles. The summed E-state index contributed by atoms with van der Waals surface area (Å²) in [5.41, 5.74) is 2.64. The van der Waals surface area contributed by atoms with E-state index in [1.165, 1.54) is 0 Å². The van der Waals surface area contributed by atoms with Crippen molar-refractivity contribution in [3.63, 3.8) is 0 Å². The number of aromatic nitrogens is 3. The van der Waals surface area contributed by atoms with Gasteiger partial charge < -0.3 is 14.4 Å². The van der Waals surface area contributed by atoms with Crippen molar-refractivity contribution in [3.05, 3.63) is 60.0 Å². The Hall–Kier alpha value is -3.09. The minimum absolute atomic E-state index is 0.236. The van der Waals surface area contributed by atoms with Crippen molar-refractivity contribution < 1.29 is 14.3 Å². The summed E-state index contributed by atoms with van der Waals surface area (Å²) >= 11 is 0. The number of amides is 1. The predicted octanol–water partition coefficient (Wildman–Crippen LogP) is 4.42. The third-order valence-electron chi connectivity index (χ3n) is 5.21. The van der Waals surface area contributed by atoms with Crippen LogP contribution in [0.1, 0.15) is 50.8 Å². The molecule has 1 amide bonds. The molecular weight excluding hydrogens is 380 g/mol. The molecule has 7 nitrogen and oxygen atoms in total. The van der Waals surface area contributed by atoms with Gasteiger partial charge in [-0.25, -0.2) is 14.3 Å². The SMILES string of the molecule is CC(C)(C)OC(=O)N1CCC(c2cccc(OCc3cccn4nccc34)n2)CC1. The Morgan fingerprint density at radius 1 is 1.13 bits per heavy atom. The van der Waals surface area contributed by atoms with E-state index < -0.39 is 5.60 Å². The lowest BCUT2D eigenvalue weighted by atomic mass is 9.93. The van der Waals surface area contributed by atoms with Gasteiger partial charge in [0.15, 0.2) is 0 Å². The summed E-state index contributed by atoms with van der Waals surface area (Å²) in [5.74, 6) is 0.925. The molecule has 0 N–H and O–H groups in total. The van der Waals surface area contributed by atoms with Gasteiger partial charge in [0.25, 0.3) is 0 Å². The van der Waals surface area contributed by atoms with E-state index in [1.54, 1.807) is 11.1 Å². The molecule has 0 aliphatic carbocycles. The van der Waals surface area contributed by atoms with E-state index in [0.717, 1.165) is 29.6 Å². The summed E-state index contributed by atoms with van der Waals surface area (Å²) < 4.78 is 13.3. The highest BCUT2D eigenvalue weighted by Crippen LogP contribution is 2.29. The first kappa shape index (κ1) is 20.2. The number of carbonyl (C=O) groups excluding carboxylic acids is 1. The summed E-state index contributed by atoms with van der Waals surface area (Å²) in [6, 6.07) is 11.9. The van der Waals surface area contributed by atoms with E-state index in [4.69, 9.17) is 14.5 Å². The highest BCUT2D eigenvalue weighted by Gasteiger charge is 2.28. The van der Waals surface area contributed by atoms with Crippen LogP contribution < -0.4 is 4.74 Å². The molecule has 1 aliphatic rings. The van der Waals surface area contributed by atoms with E-state index in [0.29, 0.717) is 31.5 Å². The number of hydrogen-bond donors (Lipinski definition) is 0. The zero-order valence-corrected chi connectivity index (χ0v) is 17.7.